The number of aliphatic carboxylic acids is 1. The van der Waals surface area contributed by atoms with Crippen molar-refractivity contribution in [3.8, 4) is 0 Å². The third-order valence-electron chi connectivity index (χ3n) is 3.06. The lowest BCUT2D eigenvalue weighted by Crippen LogP contribution is -2.42. The van der Waals surface area contributed by atoms with Crippen LogP contribution >= 0.6 is 11.6 Å². The van der Waals surface area contributed by atoms with Gasteiger partial charge in [0.15, 0.2) is 0 Å². The van der Waals surface area contributed by atoms with E-state index in [1.165, 1.54) is 12.1 Å². The van der Waals surface area contributed by atoms with Crippen molar-refractivity contribution in [2.75, 3.05) is 0 Å². The Labute approximate surface area is 118 Å². The fraction of sp³-hybridized carbons (Fsp3) is 0.333. The van der Waals surface area contributed by atoms with E-state index in [9.17, 15) is 19.7 Å². The highest BCUT2D eigenvalue weighted by molar-refractivity contribution is 6.34. The van der Waals surface area contributed by atoms with Gasteiger partial charge < -0.3 is 10.4 Å². The van der Waals surface area contributed by atoms with Gasteiger partial charge in [0, 0.05) is 6.07 Å². The Kier molecular flexibility index (Phi) is 3.89. The average Bonchev–Trinajstić information content (AvgIpc) is 3.18. The molecule has 106 valence electrons. The molecule has 20 heavy (non-hydrogen) atoms. The van der Waals surface area contributed by atoms with E-state index in [1.807, 2.05) is 0 Å². The summed E-state index contributed by atoms with van der Waals surface area (Å²) in [6.45, 7) is 0. The van der Waals surface area contributed by atoms with Crippen LogP contribution in [0.15, 0.2) is 18.2 Å². The van der Waals surface area contributed by atoms with Gasteiger partial charge in [0.05, 0.1) is 9.95 Å². The Bertz CT molecular complexity index is 585. The zero-order valence-electron chi connectivity index (χ0n) is 10.2. The topological polar surface area (TPSA) is 110 Å². The minimum absolute atomic E-state index is 0.0864. The lowest BCUT2D eigenvalue weighted by Gasteiger charge is -2.14. The molecule has 8 heteroatoms. The Balaban J connectivity index is 2.29. The zero-order valence-corrected chi connectivity index (χ0v) is 11.0. The fourth-order valence-electron chi connectivity index (χ4n) is 1.91. The summed E-state index contributed by atoms with van der Waals surface area (Å²) in [5.74, 6) is -2.13. The number of halogens is 1. The van der Waals surface area contributed by atoms with E-state index >= 15 is 0 Å². The molecule has 0 spiro atoms. The van der Waals surface area contributed by atoms with Crippen LogP contribution in [-0.4, -0.2) is 27.9 Å². The van der Waals surface area contributed by atoms with E-state index in [4.69, 9.17) is 16.7 Å². The summed E-state index contributed by atoms with van der Waals surface area (Å²) in [4.78, 5) is 33.3. The smallest absolute Gasteiger partial charge is 0.326 e. The number of nitrogens with zero attached hydrogens (tertiary/aromatic N) is 1. The second kappa shape index (κ2) is 5.46. The van der Waals surface area contributed by atoms with Crippen molar-refractivity contribution in [3.63, 3.8) is 0 Å². The maximum Gasteiger partial charge on any atom is 0.326 e. The summed E-state index contributed by atoms with van der Waals surface area (Å²) in [5.41, 5.74) is -0.763. The second-order valence-electron chi connectivity index (χ2n) is 4.52. The quantitative estimate of drug-likeness (QED) is 0.636. The van der Waals surface area contributed by atoms with Crippen LogP contribution in [0.4, 0.5) is 5.69 Å². The first-order valence-corrected chi connectivity index (χ1v) is 6.26. The van der Waals surface area contributed by atoms with Crippen molar-refractivity contribution in [3.05, 3.63) is 38.9 Å². The molecular formula is C12H11ClN2O5. The van der Waals surface area contributed by atoms with Gasteiger partial charge in [-0.25, -0.2) is 4.79 Å². The van der Waals surface area contributed by atoms with Crippen LogP contribution < -0.4 is 5.32 Å². The number of carbonyl (C=O) groups is 2. The number of nitrogens with one attached hydrogen (secondary N) is 1. The van der Waals surface area contributed by atoms with E-state index in [2.05, 4.69) is 5.32 Å². The molecule has 0 bridgehead atoms. The van der Waals surface area contributed by atoms with Gasteiger partial charge in [0.25, 0.3) is 11.6 Å². The number of amides is 1. The molecular weight excluding hydrogens is 288 g/mol. The summed E-state index contributed by atoms with van der Waals surface area (Å²) in [5, 5.41) is 22.2. The van der Waals surface area contributed by atoms with Gasteiger partial charge in [-0.3, -0.25) is 14.9 Å². The molecule has 1 aromatic carbocycles. The third-order valence-corrected chi connectivity index (χ3v) is 3.38. The highest BCUT2D eigenvalue weighted by Crippen LogP contribution is 2.33. The number of nitro benzene ring substituents is 1. The molecule has 0 radical (unpaired) electrons. The number of rotatable bonds is 5. The Morgan fingerprint density at radius 1 is 1.45 bits per heavy atom. The van der Waals surface area contributed by atoms with Gasteiger partial charge in [0.2, 0.25) is 0 Å². The molecule has 1 fully saturated rings. The molecule has 2 N–H and O–H groups in total. The largest absolute Gasteiger partial charge is 0.480 e. The van der Waals surface area contributed by atoms with Crippen LogP contribution in [0.25, 0.3) is 0 Å². The standard InChI is InChI=1S/C12H11ClN2O5/c13-7-2-1-3-8(15(19)20)9(7)11(16)14-10(12(17)18)6-4-5-6/h1-3,6,10H,4-5H2,(H,14,16)(H,17,18). The number of carboxylic acid groups (broad SMARTS) is 1. The molecule has 0 saturated heterocycles. The number of carboxylic acids is 1. The van der Waals surface area contributed by atoms with E-state index in [-0.39, 0.29) is 16.5 Å². The first-order chi connectivity index (χ1) is 9.41. The molecule has 7 nitrogen and oxygen atoms in total. The summed E-state index contributed by atoms with van der Waals surface area (Å²) in [7, 11) is 0. The molecule has 1 amide bonds. The first-order valence-electron chi connectivity index (χ1n) is 5.88. The molecule has 1 aliphatic rings. The zero-order chi connectivity index (χ0) is 14.9. The monoisotopic (exact) mass is 298 g/mol. The second-order valence-corrected chi connectivity index (χ2v) is 4.93. The van der Waals surface area contributed by atoms with Crippen molar-refractivity contribution < 1.29 is 19.6 Å². The van der Waals surface area contributed by atoms with Gasteiger partial charge >= 0.3 is 5.97 Å². The molecule has 1 atom stereocenters. The first kappa shape index (κ1) is 14.3. The van der Waals surface area contributed by atoms with Gasteiger partial charge in [-0.15, -0.1) is 0 Å². The van der Waals surface area contributed by atoms with E-state index in [1.54, 1.807) is 0 Å². The SMILES string of the molecule is O=C(NC(C(=O)O)C1CC1)c1c(Cl)cccc1[N+](=O)[O-]. The lowest BCUT2D eigenvalue weighted by molar-refractivity contribution is -0.385. The maximum atomic E-state index is 12.1. The van der Waals surface area contributed by atoms with Gasteiger partial charge in [-0.05, 0) is 24.8 Å². The minimum atomic E-state index is -1.16. The van der Waals surface area contributed by atoms with Gasteiger partial charge in [0.1, 0.15) is 11.6 Å². The minimum Gasteiger partial charge on any atom is -0.480 e. The predicted molar refractivity (Wildman–Crippen MR) is 69.7 cm³/mol. The molecule has 0 aromatic heterocycles. The van der Waals surface area contributed by atoms with Crippen LogP contribution in [0.5, 0.6) is 0 Å². The Morgan fingerprint density at radius 3 is 2.60 bits per heavy atom. The van der Waals surface area contributed by atoms with Crippen LogP contribution in [0.2, 0.25) is 5.02 Å². The highest BCUT2D eigenvalue weighted by atomic mass is 35.5. The third kappa shape index (κ3) is 2.88. The van der Waals surface area contributed by atoms with Crippen molar-refractivity contribution >= 4 is 29.2 Å². The number of nitro groups is 1. The number of hydrogen-bond acceptors (Lipinski definition) is 4. The molecule has 1 aromatic rings. The molecule has 2 rings (SSSR count). The van der Waals surface area contributed by atoms with Gasteiger partial charge in [-0.1, -0.05) is 17.7 Å². The fourth-order valence-corrected chi connectivity index (χ4v) is 2.17. The van der Waals surface area contributed by atoms with E-state index < -0.39 is 28.5 Å². The lowest BCUT2D eigenvalue weighted by atomic mass is 10.1. The van der Waals surface area contributed by atoms with Crippen LogP contribution in [0.3, 0.4) is 0 Å². The molecule has 1 unspecified atom stereocenters. The Morgan fingerprint density at radius 2 is 2.10 bits per heavy atom. The molecule has 0 aliphatic heterocycles. The summed E-state index contributed by atoms with van der Waals surface area (Å²) in [6.07, 6.45) is 1.42. The number of benzene rings is 1. The molecule has 1 aliphatic carbocycles. The van der Waals surface area contributed by atoms with E-state index in [0.29, 0.717) is 12.8 Å². The van der Waals surface area contributed by atoms with Crippen LogP contribution in [0, 0.1) is 16.0 Å². The average molecular weight is 299 g/mol. The van der Waals surface area contributed by atoms with Crippen LogP contribution in [-0.2, 0) is 4.79 Å². The highest BCUT2D eigenvalue weighted by Gasteiger charge is 2.38. The van der Waals surface area contributed by atoms with Crippen molar-refractivity contribution in [2.45, 2.75) is 18.9 Å². The summed E-state index contributed by atoms with van der Waals surface area (Å²) in [6, 6.07) is 2.80. The summed E-state index contributed by atoms with van der Waals surface area (Å²) >= 11 is 5.81. The number of carbonyl (C=O) groups excluding carboxylic acids is 1. The van der Waals surface area contributed by atoms with E-state index in [0.717, 1.165) is 6.07 Å². The van der Waals surface area contributed by atoms with Crippen LogP contribution in [0.1, 0.15) is 23.2 Å². The van der Waals surface area contributed by atoms with Gasteiger partial charge in [-0.2, -0.15) is 0 Å². The van der Waals surface area contributed by atoms with Crippen molar-refractivity contribution in [1.82, 2.24) is 5.32 Å². The van der Waals surface area contributed by atoms with Crippen molar-refractivity contribution in [1.29, 1.82) is 0 Å². The Hall–Kier alpha value is -2.15. The predicted octanol–water partition coefficient (Wildman–Crippen LogP) is 1.84. The maximum absolute atomic E-state index is 12.1. The van der Waals surface area contributed by atoms with Crippen molar-refractivity contribution in [2.24, 2.45) is 5.92 Å². The molecule has 0 heterocycles. The number of hydrogen-bond donors (Lipinski definition) is 2. The molecule has 1 saturated carbocycles. The normalized spacial score (nSPS) is 15.4. The summed E-state index contributed by atoms with van der Waals surface area (Å²) < 4.78 is 0.